The van der Waals surface area contributed by atoms with Gasteiger partial charge in [-0.15, -0.1) is 0 Å². The van der Waals surface area contributed by atoms with Gasteiger partial charge in [-0.25, -0.2) is 0 Å². The summed E-state index contributed by atoms with van der Waals surface area (Å²) in [5.41, 5.74) is 5.80. The van der Waals surface area contributed by atoms with Crippen LogP contribution in [0.15, 0.2) is 18.2 Å². The lowest BCUT2D eigenvalue weighted by molar-refractivity contribution is -0.384. The summed E-state index contributed by atoms with van der Waals surface area (Å²) in [6, 6.07) is 3.56. The van der Waals surface area contributed by atoms with Crippen molar-refractivity contribution in [2.75, 3.05) is 5.32 Å². The van der Waals surface area contributed by atoms with Crippen LogP contribution in [0, 0.1) is 15.5 Å². The quantitative estimate of drug-likeness (QED) is 0.659. The number of anilines is 1. The first kappa shape index (κ1) is 16.4. The number of nitrogens with zero attached hydrogens (tertiary/aromatic N) is 1. The maximum absolute atomic E-state index is 11.9. The number of hydrogen-bond acceptors (Lipinski definition) is 4. The Balaban J connectivity index is 2.80. The zero-order chi connectivity index (χ0) is 15.5. The molecule has 6 nitrogen and oxygen atoms in total. The number of nitrogens with two attached hydrogens (primary N) is 1. The fourth-order valence-corrected chi connectivity index (χ4v) is 1.59. The second kappa shape index (κ2) is 6.19. The minimum Gasteiger partial charge on any atom is -0.327 e. The SMILES string of the molecule is CC(C)(C)C(N)CC(=O)Nc1cc([N+](=O)[O-])ccc1Cl. The lowest BCUT2D eigenvalue weighted by Gasteiger charge is -2.26. The second-order valence-electron chi connectivity index (χ2n) is 5.65. The van der Waals surface area contributed by atoms with E-state index in [0.717, 1.165) is 0 Å². The molecule has 0 spiro atoms. The molecule has 0 aliphatic heterocycles. The molecule has 0 bridgehead atoms. The lowest BCUT2D eigenvalue weighted by Crippen LogP contribution is -2.38. The van der Waals surface area contributed by atoms with Crippen LogP contribution >= 0.6 is 11.6 Å². The molecule has 7 heteroatoms. The molecule has 1 aromatic carbocycles. The van der Waals surface area contributed by atoms with Crippen molar-refractivity contribution in [3.63, 3.8) is 0 Å². The molecule has 0 aromatic heterocycles. The molecule has 0 saturated heterocycles. The fraction of sp³-hybridized carbons (Fsp3) is 0.462. The normalized spacial score (nSPS) is 12.8. The van der Waals surface area contributed by atoms with E-state index < -0.39 is 4.92 Å². The van der Waals surface area contributed by atoms with Crippen molar-refractivity contribution in [1.29, 1.82) is 0 Å². The summed E-state index contributed by atoms with van der Waals surface area (Å²) in [6.45, 7) is 5.81. The zero-order valence-electron chi connectivity index (χ0n) is 11.6. The Morgan fingerprint density at radius 2 is 2.10 bits per heavy atom. The van der Waals surface area contributed by atoms with Crippen molar-refractivity contribution in [1.82, 2.24) is 0 Å². The third kappa shape index (κ3) is 4.47. The number of halogens is 1. The van der Waals surface area contributed by atoms with E-state index in [2.05, 4.69) is 5.32 Å². The molecule has 20 heavy (non-hydrogen) atoms. The number of carbonyl (C=O) groups is 1. The van der Waals surface area contributed by atoms with Gasteiger partial charge in [-0.3, -0.25) is 14.9 Å². The molecule has 0 fully saturated rings. The Morgan fingerprint density at radius 1 is 1.50 bits per heavy atom. The Morgan fingerprint density at radius 3 is 2.60 bits per heavy atom. The molecule has 0 heterocycles. The van der Waals surface area contributed by atoms with Gasteiger partial charge in [0.1, 0.15) is 0 Å². The standard InChI is InChI=1S/C13H18ClN3O3/c1-13(2,3)11(15)7-12(18)16-10-6-8(17(19)20)4-5-9(10)14/h4-6,11H,7,15H2,1-3H3,(H,16,18). The van der Waals surface area contributed by atoms with Gasteiger partial charge in [-0.1, -0.05) is 32.4 Å². The van der Waals surface area contributed by atoms with Crippen LogP contribution < -0.4 is 11.1 Å². The maximum Gasteiger partial charge on any atom is 0.271 e. The first-order valence-corrected chi connectivity index (χ1v) is 6.48. The van der Waals surface area contributed by atoms with E-state index in [0.29, 0.717) is 0 Å². The first-order chi connectivity index (χ1) is 9.11. The van der Waals surface area contributed by atoms with Crippen molar-refractivity contribution < 1.29 is 9.72 Å². The van der Waals surface area contributed by atoms with Crippen LogP contribution in [0.1, 0.15) is 27.2 Å². The number of benzene rings is 1. The topological polar surface area (TPSA) is 98.3 Å². The van der Waals surface area contributed by atoms with Crippen LogP contribution in [0.3, 0.4) is 0 Å². The van der Waals surface area contributed by atoms with Crippen molar-refractivity contribution in [2.45, 2.75) is 33.2 Å². The third-order valence-corrected chi connectivity index (χ3v) is 3.28. The molecular formula is C13H18ClN3O3. The Hall–Kier alpha value is -1.66. The molecule has 0 radical (unpaired) electrons. The highest BCUT2D eigenvalue weighted by atomic mass is 35.5. The highest BCUT2D eigenvalue weighted by Crippen LogP contribution is 2.27. The average Bonchev–Trinajstić information content (AvgIpc) is 2.30. The summed E-state index contributed by atoms with van der Waals surface area (Å²) >= 11 is 5.90. The summed E-state index contributed by atoms with van der Waals surface area (Å²) in [5, 5.41) is 13.5. The van der Waals surface area contributed by atoms with Crippen LogP contribution in [0.5, 0.6) is 0 Å². The molecule has 1 amide bonds. The lowest BCUT2D eigenvalue weighted by atomic mass is 9.85. The summed E-state index contributed by atoms with van der Waals surface area (Å²) < 4.78 is 0. The van der Waals surface area contributed by atoms with Gasteiger partial charge < -0.3 is 11.1 Å². The highest BCUT2D eigenvalue weighted by Gasteiger charge is 2.23. The molecule has 3 N–H and O–H groups in total. The van der Waals surface area contributed by atoms with Crippen molar-refractivity contribution in [2.24, 2.45) is 11.1 Å². The summed E-state index contributed by atoms with van der Waals surface area (Å²) in [7, 11) is 0. The molecule has 0 aliphatic rings. The average molecular weight is 300 g/mol. The van der Waals surface area contributed by atoms with E-state index in [1.165, 1.54) is 18.2 Å². The van der Waals surface area contributed by atoms with E-state index in [9.17, 15) is 14.9 Å². The Bertz CT molecular complexity index is 526. The minimum atomic E-state index is -0.549. The predicted molar refractivity (Wildman–Crippen MR) is 78.8 cm³/mol. The number of nitrogens with one attached hydrogen (secondary N) is 1. The van der Waals surface area contributed by atoms with Crippen LogP contribution in [-0.2, 0) is 4.79 Å². The summed E-state index contributed by atoms with van der Waals surface area (Å²) in [6.07, 6.45) is 0.114. The number of nitro groups is 1. The van der Waals surface area contributed by atoms with Gasteiger partial charge >= 0.3 is 0 Å². The van der Waals surface area contributed by atoms with Crippen LogP contribution in [0.2, 0.25) is 5.02 Å². The van der Waals surface area contributed by atoms with Gasteiger partial charge in [0.15, 0.2) is 0 Å². The number of hydrogen-bond donors (Lipinski definition) is 2. The smallest absolute Gasteiger partial charge is 0.271 e. The number of amides is 1. The third-order valence-electron chi connectivity index (χ3n) is 2.95. The number of non-ortho nitro benzene ring substituents is 1. The number of carbonyl (C=O) groups excluding carboxylic acids is 1. The molecule has 1 aromatic rings. The van der Waals surface area contributed by atoms with Gasteiger partial charge in [0, 0.05) is 24.6 Å². The molecule has 110 valence electrons. The monoisotopic (exact) mass is 299 g/mol. The van der Waals surface area contributed by atoms with Crippen molar-refractivity contribution >= 4 is 28.9 Å². The minimum absolute atomic E-state index is 0.114. The molecule has 0 aliphatic carbocycles. The van der Waals surface area contributed by atoms with E-state index >= 15 is 0 Å². The maximum atomic E-state index is 11.9. The molecular weight excluding hydrogens is 282 g/mol. The van der Waals surface area contributed by atoms with Gasteiger partial charge in [0.05, 0.1) is 15.6 Å². The molecule has 0 saturated carbocycles. The summed E-state index contributed by atoms with van der Waals surface area (Å²) in [5.74, 6) is -0.324. The summed E-state index contributed by atoms with van der Waals surface area (Å²) in [4.78, 5) is 22.0. The zero-order valence-corrected chi connectivity index (χ0v) is 12.4. The van der Waals surface area contributed by atoms with Crippen molar-refractivity contribution in [3.05, 3.63) is 33.3 Å². The van der Waals surface area contributed by atoms with Crippen LogP contribution in [0.4, 0.5) is 11.4 Å². The van der Waals surface area contributed by atoms with E-state index in [1.807, 2.05) is 20.8 Å². The molecule has 1 unspecified atom stereocenters. The fourth-order valence-electron chi connectivity index (χ4n) is 1.43. The van der Waals surface area contributed by atoms with E-state index in [1.54, 1.807) is 0 Å². The second-order valence-corrected chi connectivity index (χ2v) is 6.05. The highest BCUT2D eigenvalue weighted by molar-refractivity contribution is 6.33. The molecule has 1 rings (SSSR count). The van der Waals surface area contributed by atoms with Gasteiger partial charge in [-0.05, 0) is 11.5 Å². The van der Waals surface area contributed by atoms with Gasteiger partial charge in [-0.2, -0.15) is 0 Å². The van der Waals surface area contributed by atoms with Crippen LogP contribution in [0.25, 0.3) is 0 Å². The Kier molecular flexibility index (Phi) is 5.08. The van der Waals surface area contributed by atoms with E-state index in [4.69, 9.17) is 17.3 Å². The predicted octanol–water partition coefficient (Wildman–Crippen LogP) is 2.95. The molecule has 1 atom stereocenters. The number of rotatable bonds is 4. The van der Waals surface area contributed by atoms with Gasteiger partial charge in [0.2, 0.25) is 5.91 Å². The number of nitro benzene ring substituents is 1. The van der Waals surface area contributed by atoms with Crippen molar-refractivity contribution in [3.8, 4) is 0 Å². The van der Waals surface area contributed by atoms with E-state index in [-0.39, 0.29) is 40.2 Å². The largest absolute Gasteiger partial charge is 0.327 e. The first-order valence-electron chi connectivity index (χ1n) is 6.10. The Labute approximate surface area is 122 Å². The van der Waals surface area contributed by atoms with Crippen LogP contribution in [-0.4, -0.2) is 16.9 Å². The van der Waals surface area contributed by atoms with Gasteiger partial charge in [0.25, 0.3) is 5.69 Å².